The molecule has 2 fully saturated rings. The molecular weight excluding hydrogens is 244 g/mol. The van der Waals surface area contributed by atoms with Crippen molar-refractivity contribution in [2.75, 3.05) is 13.6 Å². The van der Waals surface area contributed by atoms with Crippen LogP contribution in [0.5, 0.6) is 0 Å². The molecule has 3 rings (SSSR count). The third kappa shape index (κ3) is 4.07. The van der Waals surface area contributed by atoms with Crippen molar-refractivity contribution in [1.82, 2.24) is 10.2 Å². The highest BCUT2D eigenvalue weighted by atomic mass is 15.1. The molecule has 0 heterocycles. The van der Waals surface area contributed by atoms with E-state index in [9.17, 15) is 0 Å². The van der Waals surface area contributed by atoms with E-state index >= 15 is 0 Å². The van der Waals surface area contributed by atoms with Gasteiger partial charge in [-0.1, -0.05) is 24.3 Å². The van der Waals surface area contributed by atoms with E-state index in [-0.39, 0.29) is 0 Å². The van der Waals surface area contributed by atoms with E-state index in [0.717, 1.165) is 37.5 Å². The zero-order valence-corrected chi connectivity index (χ0v) is 12.9. The van der Waals surface area contributed by atoms with Gasteiger partial charge in [0.1, 0.15) is 0 Å². The predicted octanol–water partition coefficient (Wildman–Crippen LogP) is 3.21. The number of hydrogen-bond donors (Lipinski definition) is 1. The summed E-state index contributed by atoms with van der Waals surface area (Å²) in [6.45, 7) is 4.58. The van der Waals surface area contributed by atoms with Crippen LogP contribution < -0.4 is 5.32 Å². The van der Waals surface area contributed by atoms with Crippen molar-refractivity contribution in [3.05, 3.63) is 35.4 Å². The summed E-state index contributed by atoms with van der Waals surface area (Å²) < 4.78 is 0. The van der Waals surface area contributed by atoms with Crippen LogP contribution in [0, 0.1) is 5.92 Å². The van der Waals surface area contributed by atoms with E-state index in [0.29, 0.717) is 0 Å². The highest BCUT2D eigenvalue weighted by Crippen LogP contribution is 2.35. The van der Waals surface area contributed by atoms with Crippen molar-refractivity contribution in [3.63, 3.8) is 0 Å². The van der Waals surface area contributed by atoms with Gasteiger partial charge < -0.3 is 5.32 Å². The lowest BCUT2D eigenvalue weighted by molar-refractivity contribution is 0.226. The van der Waals surface area contributed by atoms with Gasteiger partial charge in [0.25, 0.3) is 0 Å². The molecule has 0 bridgehead atoms. The topological polar surface area (TPSA) is 15.3 Å². The second-order valence-corrected chi connectivity index (χ2v) is 6.79. The van der Waals surface area contributed by atoms with Crippen molar-refractivity contribution in [3.8, 4) is 0 Å². The normalized spacial score (nSPS) is 20.4. The third-order valence-corrected chi connectivity index (χ3v) is 4.88. The maximum Gasteiger partial charge on any atom is 0.0233 e. The Labute approximate surface area is 123 Å². The van der Waals surface area contributed by atoms with Crippen LogP contribution in [-0.2, 0) is 13.0 Å². The molecule has 2 nitrogen and oxygen atoms in total. The Hall–Kier alpha value is -0.860. The van der Waals surface area contributed by atoms with E-state index in [2.05, 4.69) is 48.5 Å². The first-order chi connectivity index (χ1) is 9.72. The number of hydrogen-bond acceptors (Lipinski definition) is 2. The van der Waals surface area contributed by atoms with E-state index in [1.165, 1.54) is 36.8 Å². The zero-order valence-electron chi connectivity index (χ0n) is 12.9. The van der Waals surface area contributed by atoms with E-state index in [4.69, 9.17) is 0 Å². The van der Waals surface area contributed by atoms with Crippen LogP contribution >= 0.6 is 0 Å². The smallest absolute Gasteiger partial charge is 0.0233 e. The van der Waals surface area contributed by atoms with Gasteiger partial charge in [-0.05, 0) is 69.7 Å². The van der Waals surface area contributed by atoms with E-state index in [1.54, 1.807) is 0 Å². The minimum Gasteiger partial charge on any atom is -0.314 e. The number of rotatable bonds is 8. The van der Waals surface area contributed by atoms with Gasteiger partial charge in [-0.25, -0.2) is 0 Å². The molecule has 1 N–H and O–H groups in total. The Morgan fingerprint density at radius 1 is 1.10 bits per heavy atom. The molecule has 0 saturated heterocycles. The molecule has 110 valence electrons. The fraction of sp³-hybridized carbons (Fsp3) is 0.667. The summed E-state index contributed by atoms with van der Waals surface area (Å²) in [5.41, 5.74) is 2.90. The maximum absolute atomic E-state index is 3.58. The summed E-state index contributed by atoms with van der Waals surface area (Å²) in [6.07, 6.45) is 6.77. The van der Waals surface area contributed by atoms with Gasteiger partial charge in [0.05, 0.1) is 0 Å². The highest BCUT2D eigenvalue weighted by molar-refractivity contribution is 5.23. The number of nitrogens with one attached hydrogen (secondary N) is 1. The molecule has 0 spiro atoms. The van der Waals surface area contributed by atoms with Gasteiger partial charge >= 0.3 is 0 Å². The Bertz CT molecular complexity index is 418. The zero-order chi connectivity index (χ0) is 13.9. The van der Waals surface area contributed by atoms with E-state index < -0.39 is 0 Å². The molecule has 2 aliphatic rings. The van der Waals surface area contributed by atoms with Gasteiger partial charge in [0.2, 0.25) is 0 Å². The van der Waals surface area contributed by atoms with Crippen LogP contribution in [0.4, 0.5) is 0 Å². The molecule has 1 atom stereocenters. The molecule has 1 aromatic rings. The molecule has 20 heavy (non-hydrogen) atoms. The number of benzene rings is 1. The fourth-order valence-corrected chi connectivity index (χ4v) is 2.89. The van der Waals surface area contributed by atoms with Gasteiger partial charge in [-0.2, -0.15) is 0 Å². The van der Waals surface area contributed by atoms with Crippen molar-refractivity contribution < 1.29 is 0 Å². The fourth-order valence-electron chi connectivity index (χ4n) is 2.89. The summed E-state index contributed by atoms with van der Waals surface area (Å²) in [4.78, 5) is 2.50. The SMILES string of the molecule is CC(C1CC1)N(C)Cc1ccc(CCNC2CC2)cc1. The molecular formula is C18H28N2. The van der Waals surface area contributed by atoms with Gasteiger partial charge in [-0.3, -0.25) is 4.90 Å². The van der Waals surface area contributed by atoms with Gasteiger partial charge in [-0.15, -0.1) is 0 Å². The van der Waals surface area contributed by atoms with Crippen LogP contribution in [0.25, 0.3) is 0 Å². The lowest BCUT2D eigenvalue weighted by Gasteiger charge is -2.24. The van der Waals surface area contributed by atoms with Gasteiger partial charge in [0, 0.05) is 18.6 Å². The van der Waals surface area contributed by atoms with Crippen LogP contribution in [0.15, 0.2) is 24.3 Å². The Morgan fingerprint density at radius 2 is 1.75 bits per heavy atom. The van der Waals surface area contributed by atoms with Crippen molar-refractivity contribution >= 4 is 0 Å². The Kier molecular flexibility index (Phi) is 4.42. The van der Waals surface area contributed by atoms with Crippen LogP contribution in [0.3, 0.4) is 0 Å². The first-order valence-electron chi connectivity index (χ1n) is 8.24. The molecule has 1 aromatic carbocycles. The summed E-state index contributed by atoms with van der Waals surface area (Å²) >= 11 is 0. The standard InChI is InChI=1S/C18H28N2/c1-14(17-7-8-17)20(2)13-16-5-3-15(4-6-16)11-12-19-18-9-10-18/h3-6,14,17-19H,7-13H2,1-2H3. The summed E-state index contributed by atoms with van der Waals surface area (Å²) in [7, 11) is 2.26. The lowest BCUT2D eigenvalue weighted by atomic mass is 10.1. The second-order valence-electron chi connectivity index (χ2n) is 6.79. The van der Waals surface area contributed by atoms with Crippen LogP contribution in [0.2, 0.25) is 0 Å². The number of nitrogens with zero attached hydrogens (tertiary/aromatic N) is 1. The average molecular weight is 272 g/mol. The molecule has 2 heteroatoms. The minimum absolute atomic E-state index is 0.734. The maximum atomic E-state index is 3.58. The first kappa shape index (κ1) is 14.1. The minimum atomic E-state index is 0.734. The largest absolute Gasteiger partial charge is 0.314 e. The van der Waals surface area contributed by atoms with Crippen LogP contribution in [-0.4, -0.2) is 30.6 Å². The molecule has 1 unspecified atom stereocenters. The van der Waals surface area contributed by atoms with Crippen molar-refractivity contribution in [2.24, 2.45) is 5.92 Å². The average Bonchev–Trinajstić information content (AvgIpc) is 3.33. The van der Waals surface area contributed by atoms with Crippen molar-refractivity contribution in [1.29, 1.82) is 0 Å². The lowest BCUT2D eigenvalue weighted by Crippen LogP contribution is -2.30. The van der Waals surface area contributed by atoms with Crippen LogP contribution in [0.1, 0.15) is 43.7 Å². The molecule has 0 amide bonds. The first-order valence-corrected chi connectivity index (χ1v) is 8.24. The summed E-state index contributed by atoms with van der Waals surface area (Å²) in [6, 6.07) is 10.8. The monoisotopic (exact) mass is 272 g/mol. The van der Waals surface area contributed by atoms with Gasteiger partial charge in [0.15, 0.2) is 0 Å². The molecule has 0 radical (unpaired) electrons. The Balaban J connectivity index is 1.44. The quantitative estimate of drug-likeness (QED) is 0.782. The third-order valence-electron chi connectivity index (χ3n) is 4.88. The molecule has 2 aliphatic carbocycles. The molecule has 2 saturated carbocycles. The summed E-state index contributed by atoms with van der Waals surface area (Å²) in [5, 5.41) is 3.58. The van der Waals surface area contributed by atoms with E-state index in [1.807, 2.05) is 0 Å². The summed E-state index contributed by atoms with van der Waals surface area (Å²) in [5.74, 6) is 0.952. The molecule has 0 aliphatic heterocycles. The van der Waals surface area contributed by atoms with Crippen molar-refractivity contribution in [2.45, 2.75) is 57.7 Å². The molecule has 0 aromatic heterocycles. The second kappa shape index (κ2) is 6.28. The predicted molar refractivity (Wildman–Crippen MR) is 84.8 cm³/mol. The highest BCUT2D eigenvalue weighted by Gasteiger charge is 2.30. The Morgan fingerprint density at radius 3 is 2.35 bits per heavy atom.